The number of anilines is 2. The molecule has 1 atom stereocenters. The highest BCUT2D eigenvalue weighted by Crippen LogP contribution is 2.28. The van der Waals surface area contributed by atoms with Crippen LogP contribution in [0.15, 0.2) is 24.3 Å². The Balaban J connectivity index is 1.57. The molecule has 3 rings (SSSR count). The Morgan fingerprint density at radius 3 is 2.60 bits per heavy atom. The van der Waals surface area contributed by atoms with Crippen LogP contribution in [0.5, 0.6) is 5.75 Å². The third kappa shape index (κ3) is 4.08. The lowest BCUT2D eigenvalue weighted by molar-refractivity contribution is -0.120. The third-order valence-corrected chi connectivity index (χ3v) is 5.18. The summed E-state index contributed by atoms with van der Waals surface area (Å²) in [6, 6.07) is 7.83. The number of carbonyl (C=O) groups is 1. The molecule has 0 spiro atoms. The first-order chi connectivity index (χ1) is 12.1. The summed E-state index contributed by atoms with van der Waals surface area (Å²) < 4.78 is 5.45. The molecule has 0 bridgehead atoms. The van der Waals surface area contributed by atoms with Gasteiger partial charge in [-0.05, 0) is 26.0 Å². The number of rotatable bonds is 5. The molecule has 0 aliphatic carbocycles. The van der Waals surface area contributed by atoms with Gasteiger partial charge in [0.1, 0.15) is 10.8 Å². The summed E-state index contributed by atoms with van der Waals surface area (Å²) in [5.41, 5.74) is 1.10. The molecule has 1 aromatic heterocycles. The molecule has 25 heavy (non-hydrogen) atoms. The quantitative estimate of drug-likeness (QED) is 0.878. The predicted molar refractivity (Wildman–Crippen MR) is 99.5 cm³/mol. The number of ether oxygens (including phenoxy) is 1. The Kier molecular flexibility index (Phi) is 5.50. The molecular formula is C17H23N5O2S. The normalized spacial score (nSPS) is 16.5. The summed E-state index contributed by atoms with van der Waals surface area (Å²) in [5.74, 6) is 0.843. The number of amides is 1. The zero-order valence-electron chi connectivity index (χ0n) is 14.7. The summed E-state index contributed by atoms with van der Waals surface area (Å²) in [6.07, 6.45) is 0. The fourth-order valence-corrected chi connectivity index (χ4v) is 3.56. The van der Waals surface area contributed by atoms with E-state index in [1.807, 2.05) is 32.0 Å². The van der Waals surface area contributed by atoms with Crippen molar-refractivity contribution in [2.75, 3.05) is 43.5 Å². The molecule has 1 saturated heterocycles. The van der Waals surface area contributed by atoms with E-state index in [-0.39, 0.29) is 11.9 Å². The molecule has 1 aliphatic heterocycles. The molecule has 134 valence electrons. The fraction of sp³-hybridized carbons (Fsp3) is 0.471. The highest BCUT2D eigenvalue weighted by atomic mass is 32.1. The van der Waals surface area contributed by atoms with Crippen molar-refractivity contribution in [2.24, 2.45) is 0 Å². The molecule has 2 aromatic rings. The van der Waals surface area contributed by atoms with Gasteiger partial charge in [-0.2, -0.15) is 0 Å². The van der Waals surface area contributed by atoms with Gasteiger partial charge < -0.3 is 9.64 Å². The van der Waals surface area contributed by atoms with Crippen molar-refractivity contribution < 1.29 is 9.53 Å². The van der Waals surface area contributed by atoms with Gasteiger partial charge in [0.05, 0.1) is 18.8 Å². The molecule has 0 radical (unpaired) electrons. The number of nitrogens with zero attached hydrogens (tertiary/aromatic N) is 4. The van der Waals surface area contributed by atoms with Gasteiger partial charge in [0, 0.05) is 26.2 Å². The van der Waals surface area contributed by atoms with Gasteiger partial charge in [-0.1, -0.05) is 23.5 Å². The van der Waals surface area contributed by atoms with Crippen molar-refractivity contribution in [1.82, 2.24) is 15.1 Å². The van der Waals surface area contributed by atoms with Crippen LogP contribution in [0.2, 0.25) is 0 Å². The number of piperazine rings is 1. The van der Waals surface area contributed by atoms with Crippen LogP contribution in [0.3, 0.4) is 0 Å². The molecule has 2 heterocycles. The van der Waals surface area contributed by atoms with Crippen LogP contribution in [-0.4, -0.2) is 60.3 Å². The first-order valence-corrected chi connectivity index (χ1v) is 9.13. The maximum atomic E-state index is 12.4. The van der Waals surface area contributed by atoms with Gasteiger partial charge in [0.2, 0.25) is 11.0 Å². The van der Waals surface area contributed by atoms with Crippen molar-refractivity contribution in [3.63, 3.8) is 0 Å². The molecule has 1 aromatic carbocycles. The van der Waals surface area contributed by atoms with Crippen molar-refractivity contribution in [1.29, 1.82) is 0 Å². The number of carbonyl (C=O) groups excluding carboxylic acids is 1. The Morgan fingerprint density at radius 1 is 1.24 bits per heavy atom. The van der Waals surface area contributed by atoms with Crippen LogP contribution >= 0.6 is 11.3 Å². The summed E-state index contributed by atoms with van der Waals surface area (Å²) in [5, 5.41) is 12.1. The molecule has 0 unspecified atom stereocenters. The minimum Gasteiger partial charge on any atom is -0.495 e. The van der Waals surface area contributed by atoms with Crippen molar-refractivity contribution in [3.8, 4) is 5.75 Å². The summed E-state index contributed by atoms with van der Waals surface area (Å²) in [6.45, 7) is 7.16. The monoisotopic (exact) mass is 361 g/mol. The Labute approximate surface area is 151 Å². The van der Waals surface area contributed by atoms with E-state index in [9.17, 15) is 4.79 Å². The van der Waals surface area contributed by atoms with E-state index in [1.54, 1.807) is 7.11 Å². The molecular weight excluding hydrogens is 338 g/mol. The van der Waals surface area contributed by atoms with Crippen LogP contribution in [0.25, 0.3) is 0 Å². The summed E-state index contributed by atoms with van der Waals surface area (Å²) in [7, 11) is 1.69. The smallest absolute Gasteiger partial charge is 0.243 e. The molecule has 7 nitrogen and oxygen atoms in total. The predicted octanol–water partition coefficient (Wildman–Crippen LogP) is 2.00. The zero-order valence-corrected chi connectivity index (χ0v) is 15.5. The lowest BCUT2D eigenvalue weighted by atomic mass is 10.2. The number of benzene rings is 1. The van der Waals surface area contributed by atoms with Crippen LogP contribution in [0, 0.1) is 6.92 Å². The van der Waals surface area contributed by atoms with Gasteiger partial charge in [-0.15, -0.1) is 10.2 Å². The molecule has 1 aliphatic rings. The Bertz CT molecular complexity index is 727. The number of hydrogen-bond donors (Lipinski definition) is 1. The van der Waals surface area contributed by atoms with Crippen LogP contribution in [0.4, 0.5) is 10.8 Å². The van der Waals surface area contributed by atoms with Crippen LogP contribution in [0.1, 0.15) is 11.9 Å². The minimum absolute atomic E-state index is 0.0399. The second-order valence-electron chi connectivity index (χ2n) is 5.99. The topological polar surface area (TPSA) is 70.6 Å². The van der Waals surface area contributed by atoms with Crippen molar-refractivity contribution in [3.05, 3.63) is 29.3 Å². The number of nitrogens with one attached hydrogen (secondary N) is 1. The summed E-state index contributed by atoms with van der Waals surface area (Å²) in [4.78, 5) is 16.9. The van der Waals surface area contributed by atoms with E-state index in [0.29, 0.717) is 5.13 Å². The van der Waals surface area contributed by atoms with Crippen LogP contribution in [-0.2, 0) is 4.79 Å². The standard InChI is InChI=1S/C17H23N5O2S/c1-12(16(23)18-17-20-19-13(2)25-17)21-8-10-22(11-9-21)14-6-4-5-7-15(14)24-3/h4-7,12H,8-11H2,1-3H3,(H,18,20,23)/t12-/m0/s1. The van der Waals surface area contributed by atoms with E-state index in [2.05, 4.69) is 31.4 Å². The van der Waals surface area contributed by atoms with Gasteiger partial charge in [-0.3, -0.25) is 15.0 Å². The SMILES string of the molecule is COc1ccccc1N1CCN([C@@H](C)C(=O)Nc2nnc(C)s2)CC1. The largest absolute Gasteiger partial charge is 0.495 e. The van der Waals surface area contributed by atoms with Crippen molar-refractivity contribution in [2.45, 2.75) is 19.9 Å². The fourth-order valence-electron chi connectivity index (χ4n) is 2.96. The lowest BCUT2D eigenvalue weighted by Crippen LogP contribution is -2.52. The molecule has 0 saturated carbocycles. The second-order valence-corrected chi connectivity index (χ2v) is 7.17. The zero-order chi connectivity index (χ0) is 17.8. The molecule has 1 amide bonds. The molecule has 8 heteroatoms. The maximum absolute atomic E-state index is 12.4. The van der Waals surface area contributed by atoms with E-state index in [0.717, 1.165) is 42.6 Å². The number of methoxy groups -OCH3 is 1. The van der Waals surface area contributed by atoms with E-state index in [1.165, 1.54) is 11.3 Å². The lowest BCUT2D eigenvalue weighted by Gasteiger charge is -2.38. The second kappa shape index (κ2) is 7.79. The Hall–Kier alpha value is -2.19. The minimum atomic E-state index is -0.205. The van der Waals surface area contributed by atoms with Gasteiger partial charge in [0.25, 0.3) is 0 Å². The highest BCUT2D eigenvalue weighted by Gasteiger charge is 2.27. The maximum Gasteiger partial charge on any atom is 0.243 e. The number of hydrogen-bond acceptors (Lipinski definition) is 7. The average molecular weight is 361 g/mol. The number of para-hydroxylation sites is 2. The van der Waals surface area contributed by atoms with E-state index >= 15 is 0 Å². The summed E-state index contributed by atoms with van der Waals surface area (Å²) >= 11 is 1.39. The van der Waals surface area contributed by atoms with Gasteiger partial charge >= 0.3 is 0 Å². The molecule has 1 fully saturated rings. The van der Waals surface area contributed by atoms with Gasteiger partial charge in [-0.25, -0.2) is 0 Å². The van der Waals surface area contributed by atoms with E-state index < -0.39 is 0 Å². The van der Waals surface area contributed by atoms with Gasteiger partial charge in [0.15, 0.2) is 0 Å². The molecule has 1 N–H and O–H groups in total. The highest BCUT2D eigenvalue weighted by molar-refractivity contribution is 7.15. The first kappa shape index (κ1) is 17.6. The van der Waals surface area contributed by atoms with Crippen LogP contribution < -0.4 is 15.0 Å². The first-order valence-electron chi connectivity index (χ1n) is 8.31. The average Bonchev–Trinajstić information content (AvgIpc) is 3.06. The van der Waals surface area contributed by atoms with E-state index in [4.69, 9.17) is 4.74 Å². The third-order valence-electron chi connectivity index (χ3n) is 4.42. The number of aryl methyl sites for hydroxylation is 1. The Morgan fingerprint density at radius 2 is 1.96 bits per heavy atom. The number of aromatic nitrogens is 2. The van der Waals surface area contributed by atoms with Crippen molar-refractivity contribution >= 4 is 28.1 Å².